The van der Waals surface area contributed by atoms with E-state index in [1.807, 2.05) is 36.7 Å². The zero-order valence-corrected chi connectivity index (χ0v) is 15.7. The SMILES string of the molecule is COc1ccc2nc3cc(-c4ccc(N5CCC(F)CC5)nc4)ccn3c2c1. The van der Waals surface area contributed by atoms with Crippen LogP contribution in [0.25, 0.3) is 27.8 Å². The summed E-state index contributed by atoms with van der Waals surface area (Å²) in [6.45, 7) is 1.45. The summed E-state index contributed by atoms with van der Waals surface area (Å²) < 4.78 is 20.7. The first kappa shape index (κ1) is 17.0. The molecular formula is C22H21FN4O. The number of rotatable bonds is 3. The molecule has 0 saturated carbocycles. The Morgan fingerprint density at radius 2 is 1.89 bits per heavy atom. The van der Waals surface area contributed by atoms with E-state index in [0.717, 1.165) is 52.5 Å². The molecule has 142 valence electrons. The number of fused-ring (bicyclic) bond motifs is 3. The molecule has 1 saturated heterocycles. The Kier molecular flexibility index (Phi) is 4.11. The van der Waals surface area contributed by atoms with Gasteiger partial charge in [0.25, 0.3) is 0 Å². The van der Waals surface area contributed by atoms with E-state index in [4.69, 9.17) is 9.72 Å². The first-order valence-electron chi connectivity index (χ1n) is 9.52. The molecule has 0 bridgehead atoms. The maximum Gasteiger partial charge on any atom is 0.138 e. The van der Waals surface area contributed by atoms with Gasteiger partial charge in [-0.05, 0) is 54.8 Å². The lowest BCUT2D eigenvalue weighted by Crippen LogP contribution is -2.34. The zero-order chi connectivity index (χ0) is 19.1. The Morgan fingerprint density at radius 1 is 1.04 bits per heavy atom. The smallest absolute Gasteiger partial charge is 0.138 e. The van der Waals surface area contributed by atoms with Gasteiger partial charge in [-0.2, -0.15) is 0 Å². The molecule has 5 nitrogen and oxygen atoms in total. The van der Waals surface area contributed by atoms with Crippen molar-refractivity contribution in [3.63, 3.8) is 0 Å². The molecule has 4 aromatic rings. The van der Waals surface area contributed by atoms with E-state index in [-0.39, 0.29) is 0 Å². The number of hydrogen-bond acceptors (Lipinski definition) is 4. The van der Waals surface area contributed by atoms with Crippen LogP contribution in [0.1, 0.15) is 12.8 Å². The predicted octanol–water partition coefficient (Wildman–Crippen LogP) is 4.50. The lowest BCUT2D eigenvalue weighted by molar-refractivity contribution is 0.277. The molecule has 1 aliphatic rings. The highest BCUT2D eigenvalue weighted by molar-refractivity contribution is 5.83. The minimum absolute atomic E-state index is 0.582. The summed E-state index contributed by atoms with van der Waals surface area (Å²) in [6, 6.07) is 14.1. The van der Waals surface area contributed by atoms with Crippen molar-refractivity contribution in [1.82, 2.24) is 14.4 Å². The van der Waals surface area contributed by atoms with Crippen molar-refractivity contribution in [3.05, 3.63) is 54.9 Å². The lowest BCUT2D eigenvalue weighted by Gasteiger charge is -2.29. The second-order valence-electron chi connectivity index (χ2n) is 7.18. The summed E-state index contributed by atoms with van der Waals surface area (Å²) in [4.78, 5) is 11.5. The molecule has 3 aromatic heterocycles. The molecule has 0 aliphatic carbocycles. The highest BCUT2D eigenvalue weighted by Gasteiger charge is 2.19. The normalized spacial score (nSPS) is 15.4. The van der Waals surface area contributed by atoms with Gasteiger partial charge < -0.3 is 9.64 Å². The number of ether oxygens (including phenoxy) is 1. The van der Waals surface area contributed by atoms with Crippen molar-refractivity contribution < 1.29 is 9.13 Å². The van der Waals surface area contributed by atoms with Gasteiger partial charge in [-0.15, -0.1) is 0 Å². The topological polar surface area (TPSA) is 42.7 Å². The average molecular weight is 376 g/mol. The van der Waals surface area contributed by atoms with Gasteiger partial charge in [-0.1, -0.05) is 0 Å². The maximum atomic E-state index is 13.3. The van der Waals surface area contributed by atoms with Crippen LogP contribution in [0.15, 0.2) is 54.9 Å². The Hall–Kier alpha value is -3.15. The van der Waals surface area contributed by atoms with Gasteiger partial charge in [0.15, 0.2) is 0 Å². The summed E-state index contributed by atoms with van der Waals surface area (Å²) >= 11 is 0. The Balaban J connectivity index is 1.46. The maximum absolute atomic E-state index is 13.3. The number of anilines is 1. The van der Waals surface area contributed by atoms with E-state index in [0.29, 0.717) is 12.8 Å². The van der Waals surface area contributed by atoms with Gasteiger partial charge in [0.1, 0.15) is 23.4 Å². The molecule has 1 aliphatic heterocycles. The van der Waals surface area contributed by atoms with Crippen LogP contribution < -0.4 is 9.64 Å². The Labute approximate surface area is 162 Å². The van der Waals surface area contributed by atoms with Crippen molar-refractivity contribution >= 4 is 22.5 Å². The van der Waals surface area contributed by atoms with Crippen molar-refractivity contribution in [3.8, 4) is 16.9 Å². The minimum Gasteiger partial charge on any atom is -0.497 e. The number of pyridine rings is 2. The van der Waals surface area contributed by atoms with Crippen LogP contribution in [-0.4, -0.2) is 40.7 Å². The van der Waals surface area contributed by atoms with Gasteiger partial charge in [-0.25, -0.2) is 14.4 Å². The van der Waals surface area contributed by atoms with Crippen LogP contribution in [0.3, 0.4) is 0 Å². The number of methoxy groups -OCH3 is 1. The van der Waals surface area contributed by atoms with E-state index in [9.17, 15) is 4.39 Å². The molecule has 28 heavy (non-hydrogen) atoms. The van der Waals surface area contributed by atoms with Gasteiger partial charge in [0.2, 0.25) is 0 Å². The first-order chi connectivity index (χ1) is 13.7. The standard InChI is InChI=1S/C22H21FN4O/c1-28-18-3-4-19-20(13-18)27-11-6-15(12-22(27)25-19)16-2-5-21(24-14-16)26-9-7-17(23)8-10-26/h2-6,11-14,17H,7-10H2,1H3. The van der Waals surface area contributed by atoms with E-state index in [2.05, 4.69) is 32.5 Å². The van der Waals surface area contributed by atoms with Crippen LogP contribution in [0.5, 0.6) is 5.75 Å². The Morgan fingerprint density at radius 3 is 2.64 bits per heavy atom. The third-order valence-corrected chi connectivity index (χ3v) is 5.44. The summed E-state index contributed by atoms with van der Waals surface area (Å²) in [5.74, 6) is 1.73. The Bertz CT molecular complexity index is 1130. The summed E-state index contributed by atoms with van der Waals surface area (Å²) in [6.07, 6.45) is 4.40. The highest BCUT2D eigenvalue weighted by Crippen LogP contribution is 2.27. The van der Waals surface area contributed by atoms with Crippen LogP contribution in [0.2, 0.25) is 0 Å². The van der Waals surface area contributed by atoms with Crippen LogP contribution in [-0.2, 0) is 0 Å². The number of benzene rings is 1. The molecule has 0 radical (unpaired) electrons. The number of piperidine rings is 1. The van der Waals surface area contributed by atoms with Crippen LogP contribution in [0, 0.1) is 0 Å². The van der Waals surface area contributed by atoms with Gasteiger partial charge in [0.05, 0.1) is 18.1 Å². The predicted molar refractivity (Wildman–Crippen MR) is 109 cm³/mol. The largest absolute Gasteiger partial charge is 0.497 e. The quantitative estimate of drug-likeness (QED) is 0.528. The fourth-order valence-electron chi connectivity index (χ4n) is 3.82. The molecule has 5 rings (SSSR count). The highest BCUT2D eigenvalue weighted by atomic mass is 19.1. The molecule has 0 amide bonds. The van der Waals surface area contributed by atoms with E-state index < -0.39 is 6.17 Å². The number of aromatic nitrogens is 3. The summed E-state index contributed by atoms with van der Waals surface area (Å²) in [7, 11) is 1.67. The van der Waals surface area contributed by atoms with Crippen molar-refractivity contribution in [2.24, 2.45) is 0 Å². The molecule has 6 heteroatoms. The van der Waals surface area contributed by atoms with Gasteiger partial charge in [0, 0.05) is 37.1 Å². The molecule has 0 atom stereocenters. The fourth-order valence-corrected chi connectivity index (χ4v) is 3.82. The van der Waals surface area contributed by atoms with E-state index in [1.165, 1.54) is 0 Å². The fraction of sp³-hybridized carbons (Fsp3) is 0.273. The van der Waals surface area contributed by atoms with Crippen LogP contribution in [0.4, 0.5) is 10.2 Å². The van der Waals surface area contributed by atoms with Gasteiger partial charge in [-0.3, -0.25) is 4.40 Å². The number of nitrogens with zero attached hydrogens (tertiary/aromatic N) is 4. The number of alkyl halides is 1. The lowest BCUT2D eigenvalue weighted by atomic mass is 10.1. The zero-order valence-electron chi connectivity index (χ0n) is 15.7. The number of halogens is 1. The van der Waals surface area contributed by atoms with Crippen molar-refractivity contribution in [2.45, 2.75) is 19.0 Å². The summed E-state index contributed by atoms with van der Waals surface area (Å²) in [5, 5.41) is 0. The second kappa shape index (κ2) is 6.78. The number of hydrogen-bond donors (Lipinski definition) is 0. The molecule has 0 unspecified atom stereocenters. The third kappa shape index (κ3) is 2.95. The first-order valence-corrected chi connectivity index (χ1v) is 9.52. The summed E-state index contributed by atoms with van der Waals surface area (Å²) in [5.41, 5.74) is 4.94. The monoisotopic (exact) mass is 376 g/mol. The molecule has 1 aromatic carbocycles. The van der Waals surface area contributed by atoms with Crippen molar-refractivity contribution in [2.75, 3.05) is 25.1 Å². The molecule has 0 spiro atoms. The average Bonchev–Trinajstić information content (AvgIpc) is 3.11. The molecule has 4 heterocycles. The second-order valence-corrected chi connectivity index (χ2v) is 7.18. The van der Waals surface area contributed by atoms with E-state index >= 15 is 0 Å². The molecule has 0 N–H and O–H groups in total. The van der Waals surface area contributed by atoms with Gasteiger partial charge >= 0.3 is 0 Å². The van der Waals surface area contributed by atoms with E-state index in [1.54, 1.807) is 7.11 Å². The minimum atomic E-state index is -0.674. The number of imidazole rings is 1. The third-order valence-electron chi connectivity index (χ3n) is 5.44. The molecular weight excluding hydrogens is 355 g/mol. The van der Waals surface area contributed by atoms with Crippen molar-refractivity contribution in [1.29, 1.82) is 0 Å². The van der Waals surface area contributed by atoms with Crippen LogP contribution >= 0.6 is 0 Å². The molecule has 1 fully saturated rings.